The quantitative estimate of drug-likeness (QED) is 0.398. The van der Waals surface area contributed by atoms with E-state index in [1.165, 1.54) is 22.1 Å². The molecule has 2 aliphatic rings. The third kappa shape index (κ3) is 5.64. The summed E-state index contributed by atoms with van der Waals surface area (Å²) in [4.78, 5) is 31.2. The summed E-state index contributed by atoms with van der Waals surface area (Å²) in [5.41, 5.74) is 1.04. The van der Waals surface area contributed by atoms with Gasteiger partial charge in [-0.15, -0.1) is 23.1 Å². The molecular formula is C24H28ClN5O4S2. The van der Waals surface area contributed by atoms with Crippen LogP contribution in [-0.4, -0.2) is 80.0 Å². The highest BCUT2D eigenvalue weighted by Gasteiger charge is 2.29. The molecule has 0 N–H and O–H groups in total. The molecule has 0 spiro atoms. The van der Waals surface area contributed by atoms with Crippen molar-refractivity contribution in [3.8, 4) is 10.6 Å². The molecule has 12 heteroatoms. The molecule has 5 rings (SSSR count). The molecule has 0 unspecified atom stereocenters. The second-order valence-electron chi connectivity index (χ2n) is 9.20. The molecule has 2 saturated heterocycles. The number of rotatable bonds is 7. The fourth-order valence-electron chi connectivity index (χ4n) is 4.37. The maximum atomic E-state index is 13.2. The van der Waals surface area contributed by atoms with Gasteiger partial charge in [0.2, 0.25) is 0 Å². The number of likely N-dealkylation sites (tertiary alicyclic amines) is 1. The van der Waals surface area contributed by atoms with Crippen LogP contribution in [0.25, 0.3) is 10.6 Å². The summed E-state index contributed by atoms with van der Waals surface area (Å²) >= 11 is 9.13. The summed E-state index contributed by atoms with van der Waals surface area (Å²) in [7, 11) is 0. The Morgan fingerprint density at radius 2 is 2.03 bits per heavy atom. The molecule has 0 radical (unpaired) electrons. The SMILES string of the molecule is CC(C)N1CCC(OC(=O)c2cc(C(=O)N3CCSC3)nn2Cc2cc(-c3ccc(Cl)s3)on2)CC1. The van der Waals surface area contributed by atoms with Crippen molar-refractivity contribution in [2.75, 3.05) is 31.3 Å². The number of thioether (sulfide) groups is 1. The standard InChI is InChI=1S/C24H28ClN5O4S2/c1-15(2)28-7-5-17(6-8-28)33-24(32)19-12-18(23(31)29-9-10-35-14-29)26-30(19)13-16-11-20(34-27-16)21-3-4-22(25)36-21/h3-4,11-12,15,17H,5-10,13-14H2,1-2H3. The molecule has 0 saturated carbocycles. The van der Waals surface area contributed by atoms with Gasteiger partial charge < -0.3 is 19.1 Å². The van der Waals surface area contributed by atoms with E-state index in [2.05, 4.69) is 29.0 Å². The molecule has 2 fully saturated rings. The fraction of sp³-hybridized carbons (Fsp3) is 0.500. The summed E-state index contributed by atoms with van der Waals surface area (Å²) in [6.45, 7) is 6.95. The molecule has 3 aromatic rings. The minimum atomic E-state index is -0.478. The summed E-state index contributed by atoms with van der Waals surface area (Å²) in [6.07, 6.45) is 1.41. The molecule has 192 valence electrons. The van der Waals surface area contributed by atoms with Crippen LogP contribution in [0.2, 0.25) is 4.34 Å². The van der Waals surface area contributed by atoms with Crippen LogP contribution in [-0.2, 0) is 11.3 Å². The number of piperidine rings is 1. The maximum Gasteiger partial charge on any atom is 0.356 e. The molecule has 9 nitrogen and oxygen atoms in total. The second-order valence-corrected chi connectivity index (χ2v) is 12.0. The number of hydrogen-bond acceptors (Lipinski definition) is 9. The lowest BCUT2D eigenvalue weighted by Crippen LogP contribution is -2.41. The third-order valence-electron chi connectivity index (χ3n) is 6.42. The summed E-state index contributed by atoms with van der Waals surface area (Å²) < 4.78 is 13.5. The average molecular weight is 550 g/mol. The highest BCUT2D eigenvalue weighted by Crippen LogP contribution is 2.31. The van der Waals surface area contributed by atoms with E-state index >= 15 is 0 Å². The zero-order valence-electron chi connectivity index (χ0n) is 20.2. The van der Waals surface area contributed by atoms with Gasteiger partial charge in [0, 0.05) is 43.6 Å². The maximum absolute atomic E-state index is 13.2. The fourth-order valence-corrected chi connectivity index (χ4v) is 6.30. The number of ether oxygens (including phenoxy) is 1. The number of halogens is 1. The predicted octanol–water partition coefficient (Wildman–Crippen LogP) is 4.48. The van der Waals surface area contributed by atoms with Crippen molar-refractivity contribution in [3.05, 3.63) is 45.7 Å². The number of carbonyl (C=O) groups excluding carboxylic acids is 2. The summed E-state index contributed by atoms with van der Waals surface area (Å²) in [5.74, 6) is 1.43. The summed E-state index contributed by atoms with van der Waals surface area (Å²) in [6, 6.07) is 7.46. The second kappa shape index (κ2) is 11.0. The van der Waals surface area contributed by atoms with Crippen molar-refractivity contribution >= 4 is 46.6 Å². The number of nitrogens with zero attached hydrogens (tertiary/aromatic N) is 5. The van der Waals surface area contributed by atoms with Crippen molar-refractivity contribution in [1.29, 1.82) is 0 Å². The molecule has 3 aromatic heterocycles. The van der Waals surface area contributed by atoms with Crippen LogP contribution < -0.4 is 0 Å². The van der Waals surface area contributed by atoms with E-state index in [1.807, 2.05) is 6.07 Å². The van der Waals surface area contributed by atoms with Gasteiger partial charge in [-0.2, -0.15) is 5.10 Å². The number of esters is 1. The number of amides is 1. The largest absolute Gasteiger partial charge is 0.458 e. The number of hydrogen-bond donors (Lipinski definition) is 0. The Hall–Kier alpha value is -2.34. The molecule has 0 aromatic carbocycles. The Labute approximate surface area is 222 Å². The molecule has 1 amide bonds. The molecular weight excluding hydrogens is 522 g/mol. The minimum Gasteiger partial charge on any atom is -0.458 e. The smallest absolute Gasteiger partial charge is 0.356 e. The van der Waals surface area contributed by atoms with Crippen LogP contribution in [0, 0.1) is 0 Å². The Kier molecular flexibility index (Phi) is 7.71. The van der Waals surface area contributed by atoms with E-state index in [4.69, 9.17) is 20.9 Å². The van der Waals surface area contributed by atoms with Gasteiger partial charge in [0.05, 0.1) is 21.6 Å². The monoisotopic (exact) mass is 549 g/mol. The van der Waals surface area contributed by atoms with Crippen molar-refractivity contribution in [2.24, 2.45) is 0 Å². The van der Waals surface area contributed by atoms with Gasteiger partial charge in [0.25, 0.3) is 5.91 Å². The van der Waals surface area contributed by atoms with Gasteiger partial charge in [-0.1, -0.05) is 16.8 Å². The number of carbonyl (C=O) groups is 2. The molecule has 5 heterocycles. The third-order valence-corrected chi connectivity index (χ3v) is 8.63. The van der Waals surface area contributed by atoms with Gasteiger partial charge in [0.15, 0.2) is 11.5 Å². The summed E-state index contributed by atoms with van der Waals surface area (Å²) in [5, 5.41) is 8.63. The van der Waals surface area contributed by atoms with E-state index in [9.17, 15) is 9.59 Å². The lowest BCUT2D eigenvalue weighted by Gasteiger charge is -2.34. The van der Waals surface area contributed by atoms with Crippen LogP contribution in [0.5, 0.6) is 0 Å². The lowest BCUT2D eigenvalue weighted by atomic mass is 10.1. The first kappa shape index (κ1) is 25.3. The Balaban J connectivity index is 1.35. The Morgan fingerprint density at radius 3 is 2.69 bits per heavy atom. The topological polar surface area (TPSA) is 93.7 Å². The first-order valence-corrected chi connectivity index (χ1v) is 14.3. The van der Waals surface area contributed by atoms with Crippen LogP contribution in [0.1, 0.15) is 53.4 Å². The Morgan fingerprint density at radius 1 is 1.22 bits per heavy atom. The van der Waals surface area contributed by atoms with Gasteiger partial charge in [-0.25, -0.2) is 4.79 Å². The van der Waals surface area contributed by atoms with Gasteiger partial charge in [-0.05, 0) is 38.8 Å². The highest BCUT2D eigenvalue weighted by molar-refractivity contribution is 7.99. The number of aromatic nitrogens is 3. The highest BCUT2D eigenvalue weighted by atomic mass is 35.5. The van der Waals surface area contributed by atoms with E-state index in [0.29, 0.717) is 34.3 Å². The van der Waals surface area contributed by atoms with E-state index in [1.54, 1.807) is 28.8 Å². The van der Waals surface area contributed by atoms with Crippen molar-refractivity contribution in [3.63, 3.8) is 0 Å². The van der Waals surface area contributed by atoms with E-state index in [-0.39, 0.29) is 29.9 Å². The normalized spacial score (nSPS) is 17.3. The molecule has 2 aliphatic heterocycles. The van der Waals surface area contributed by atoms with Gasteiger partial charge in [-0.3, -0.25) is 9.48 Å². The zero-order valence-corrected chi connectivity index (χ0v) is 22.6. The Bertz CT molecular complexity index is 1220. The van der Waals surface area contributed by atoms with Crippen LogP contribution in [0.15, 0.2) is 28.8 Å². The zero-order chi connectivity index (χ0) is 25.2. The molecule has 0 aliphatic carbocycles. The van der Waals surface area contributed by atoms with Crippen LogP contribution >= 0.6 is 34.7 Å². The van der Waals surface area contributed by atoms with E-state index in [0.717, 1.165) is 36.6 Å². The first-order valence-electron chi connectivity index (χ1n) is 12.0. The van der Waals surface area contributed by atoms with Gasteiger partial charge in [0.1, 0.15) is 17.5 Å². The van der Waals surface area contributed by atoms with Crippen molar-refractivity contribution in [2.45, 2.75) is 45.4 Å². The van der Waals surface area contributed by atoms with E-state index < -0.39 is 5.97 Å². The van der Waals surface area contributed by atoms with Crippen LogP contribution in [0.3, 0.4) is 0 Å². The average Bonchev–Trinajstić information content (AvgIpc) is 3.66. The first-order chi connectivity index (χ1) is 17.4. The number of thiophene rings is 1. The van der Waals surface area contributed by atoms with Crippen molar-refractivity contribution in [1.82, 2.24) is 24.7 Å². The predicted molar refractivity (Wildman–Crippen MR) is 140 cm³/mol. The molecule has 0 atom stereocenters. The van der Waals surface area contributed by atoms with Crippen LogP contribution in [0.4, 0.5) is 0 Å². The van der Waals surface area contributed by atoms with Gasteiger partial charge >= 0.3 is 5.97 Å². The minimum absolute atomic E-state index is 0.160. The molecule has 36 heavy (non-hydrogen) atoms. The lowest BCUT2D eigenvalue weighted by molar-refractivity contribution is 0.00674. The molecule has 0 bridgehead atoms. The van der Waals surface area contributed by atoms with Crippen molar-refractivity contribution < 1.29 is 18.8 Å².